The van der Waals surface area contributed by atoms with E-state index >= 15 is 0 Å². The Hall–Kier alpha value is -2.26. The van der Waals surface area contributed by atoms with Crippen molar-refractivity contribution in [3.05, 3.63) is 46.2 Å². The number of benzene rings is 1. The number of aryl methyl sites for hydroxylation is 2. The van der Waals surface area contributed by atoms with Gasteiger partial charge in [0.2, 0.25) is 5.91 Å². The SMILES string of the molecule is Cc1nc(CSCCC(=O)Nc2cccc(-n3nnnc3C)c2)cs1. The van der Waals surface area contributed by atoms with E-state index in [0.29, 0.717) is 12.2 Å². The Bertz CT molecular complexity index is 860. The van der Waals surface area contributed by atoms with Gasteiger partial charge in [-0.3, -0.25) is 4.79 Å². The maximum atomic E-state index is 12.1. The minimum atomic E-state index is -0.00690. The smallest absolute Gasteiger partial charge is 0.225 e. The van der Waals surface area contributed by atoms with Crippen molar-refractivity contribution >= 4 is 34.7 Å². The van der Waals surface area contributed by atoms with Crippen LogP contribution >= 0.6 is 23.1 Å². The van der Waals surface area contributed by atoms with Gasteiger partial charge in [-0.05, 0) is 42.5 Å². The number of thioether (sulfide) groups is 1. The Labute approximate surface area is 153 Å². The summed E-state index contributed by atoms with van der Waals surface area (Å²) in [6, 6.07) is 7.47. The van der Waals surface area contributed by atoms with E-state index in [4.69, 9.17) is 0 Å². The van der Waals surface area contributed by atoms with Crippen LogP contribution in [0.25, 0.3) is 5.69 Å². The third-order valence-corrected chi connectivity index (χ3v) is 5.20. The van der Waals surface area contributed by atoms with Crippen LogP contribution in [0.1, 0.15) is 22.9 Å². The molecule has 0 radical (unpaired) electrons. The van der Waals surface area contributed by atoms with E-state index in [1.165, 1.54) is 0 Å². The number of carbonyl (C=O) groups excluding carboxylic acids is 1. The van der Waals surface area contributed by atoms with Gasteiger partial charge < -0.3 is 5.32 Å². The Morgan fingerprint density at radius 2 is 2.24 bits per heavy atom. The molecule has 0 saturated carbocycles. The lowest BCUT2D eigenvalue weighted by atomic mass is 10.2. The van der Waals surface area contributed by atoms with Crippen LogP contribution in [0.4, 0.5) is 5.69 Å². The van der Waals surface area contributed by atoms with Gasteiger partial charge in [0.15, 0.2) is 5.82 Å². The highest BCUT2D eigenvalue weighted by molar-refractivity contribution is 7.98. The highest BCUT2D eigenvalue weighted by Crippen LogP contribution is 2.17. The standard InChI is InChI=1S/C16H18N6OS2/c1-11-19-20-21-22(11)15-5-3-4-13(8-15)18-16(23)6-7-24-9-14-10-25-12(2)17-14/h3-5,8,10H,6-7,9H2,1-2H3,(H,18,23). The third kappa shape index (κ3) is 4.86. The minimum Gasteiger partial charge on any atom is -0.326 e. The lowest BCUT2D eigenvalue weighted by Crippen LogP contribution is -2.12. The van der Waals surface area contributed by atoms with Crippen LogP contribution in [-0.2, 0) is 10.5 Å². The number of thiazole rings is 1. The maximum absolute atomic E-state index is 12.1. The zero-order valence-electron chi connectivity index (χ0n) is 14.0. The monoisotopic (exact) mass is 374 g/mol. The first-order valence-corrected chi connectivity index (χ1v) is 9.79. The van der Waals surface area contributed by atoms with Gasteiger partial charge in [0.05, 0.1) is 16.4 Å². The predicted octanol–water partition coefficient (Wildman–Crippen LogP) is 3.00. The van der Waals surface area contributed by atoms with Crippen LogP contribution in [0.2, 0.25) is 0 Å². The van der Waals surface area contributed by atoms with Crippen molar-refractivity contribution in [2.75, 3.05) is 11.1 Å². The number of anilines is 1. The van der Waals surface area contributed by atoms with E-state index in [1.54, 1.807) is 27.8 Å². The fourth-order valence-electron chi connectivity index (χ4n) is 2.23. The molecule has 1 amide bonds. The second kappa shape index (κ2) is 8.21. The number of nitrogens with zero attached hydrogens (tertiary/aromatic N) is 5. The van der Waals surface area contributed by atoms with Gasteiger partial charge in [-0.25, -0.2) is 4.98 Å². The van der Waals surface area contributed by atoms with Crippen LogP contribution in [0.5, 0.6) is 0 Å². The molecule has 9 heteroatoms. The van der Waals surface area contributed by atoms with Gasteiger partial charge in [0.25, 0.3) is 0 Å². The molecule has 7 nitrogen and oxygen atoms in total. The van der Waals surface area contributed by atoms with Crippen LogP contribution in [0, 0.1) is 13.8 Å². The summed E-state index contributed by atoms with van der Waals surface area (Å²) < 4.78 is 1.63. The van der Waals surface area contributed by atoms with Gasteiger partial charge in [-0.15, -0.1) is 16.4 Å². The van der Waals surface area contributed by atoms with E-state index in [1.807, 2.05) is 38.1 Å². The Balaban J connectivity index is 1.49. The average molecular weight is 374 g/mol. The van der Waals surface area contributed by atoms with Crippen molar-refractivity contribution < 1.29 is 4.79 Å². The van der Waals surface area contributed by atoms with Crippen LogP contribution in [0.3, 0.4) is 0 Å². The summed E-state index contributed by atoms with van der Waals surface area (Å²) >= 11 is 3.37. The largest absolute Gasteiger partial charge is 0.326 e. The molecule has 0 aliphatic rings. The minimum absolute atomic E-state index is 0.00690. The Kier molecular flexibility index (Phi) is 5.77. The molecule has 25 heavy (non-hydrogen) atoms. The van der Waals surface area contributed by atoms with E-state index in [0.717, 1.165) is 33.6 Å². The molecule has 1 N–H and O–H groups in total. The quantitative estimate of drug-likeness (QED) is 0.640. The number of hydrogen-bond donors (Lipinski definition) is 1. The van der Waals surface area contributed by atoms with E-state index < -0.39 is 0 Å². The maximum Gasteiger partial charge on any atom is 0.225 e. The molecule has 0 unspecified atom stereocenters. The van der Waals surface area contributed by atoms with Crippen molar-refractivity contribution in [3.63, 3.8) is 0 Å². The number of amides is 1. The molecule has 2 heterocycles. The first kappa shape index (κ1) is 17.6. The number of carbonyl (C=O) groups is 1. The number of hydrogen-bond acceptors (Lipinski definition) is 7. The van der Waals surface area contributed by atoms with E-state index in [2.05, 4.69) is 31.2 Å². The molecule has 1 aromatic carbocycles. The molecule has 0 fully saturated rings. The highest BCUT2D eigenvalue weighted by Gasteiger charge is 2.07. The highest BCUT2D eigenvalue weighted by atomic mass is 32.2. The topological polar surface area (TPSA) is 85.6 Å². The number of aromatic nitrogens is 5. The van der Waals surface area contributed by atoms with Gasteiger partial charge in [-0.2, -0.15) is 16.4 Å². The zero-order chi connectivity index (χ0) is 17.6. The van der Waals surface area contributed by atoms with Crippen molar-refractivity contribution in [1.29, 1.82) is 0 Å². The third-order valence-electron chi connectivity index (χ3n) is 3.39. The summed E-state index contributed by atoms with van der Waals surface area (Å²) in [7, 11) is 0. The summed E-state index contributed by atoms with van der Waals surface area (Å²) in [5.41, 5.74) is 2.63. The lowest BCUT2D eigenvalue weighted by molar-refractivity contribution is -0.115. The Morgan fingerprint density at radius 3 is 2.96 bits per heavy atom. The number of rotatable bonds is 7. The summed E-state index contributed by atoms with van der Waals surface area (Å²) in [6.45, 7) is 3.82. The molecule has 0 aliphatic heterocycles. The molecule has 0 bridgehead atoms. The fraction of sp³-hybridized carbons (Fsp3) is 0.312. The molecule has 130 valence electrons. The van der Waals surface area contributed by atoms with Crippen molar-refractivity contribution in [2.24, 2.45) is 0 Å². The summed E-state index contributed by atoms with van der Waals surface area (Å²) in [6.07, 6.45) is 0.460. The van der Waals surface area contributed by atoms with E-state index in [-0.39, 0.29) is 5.91 Å². The van der Waals surface area contributed by atoms with Crippen LogP contribution in [0.15, 0.2) is 29.6 Å². The number of nitrogens with one attached hydrogen (secondary N) is 1. The van der Waals surface area contributed by atoms with Gasteiger partial charge in [0.1, 0.15) is 0 Å². The second-order valence-electron chi connectivity index (χ2n) is 5.40. The average Bonchev–Trinajstić information content (AvgIpc) is 3.20. The first-order chi connectivity index (χ1) is 12.1. The zero-order valence-corrected chi connectivity index (χ0v) is 15.6. The molecular weight excluding hydrogens is 356 g/mol. The first-order valence-electron chi connectivity index (χ1n) is 7.76. The molecule has 0 aliphatic carbocycles. The molecule has 0 atom stereocenters. The molecule has 2 aromatic heterocycles. The van der Waals surface area contributed by atoms with Crippen LogP contribution < -0.4 is 5.32 Å². The number of tetrazole rings is 1. The molecule has 3 aromatic rings. The van der Waals surface area contributed by atoms with Gasteiger partial charge in [-0.1, -0.05) is 6.07 Å². The van der Waals surface area contributed by atoms with Crippen LogP contribution in [-0.4, -0.2) is 36.9 Å². The second-order valence-corrected chi connectivity index (χ2v) is 7.56. The van der Waals surface area contributed by atoms with Crippen molar-refractivity contribution in [3.8, 4) is 5.69 Å². The Morgan fingerprint density at radius 1 is 1.36 bits per heavy atom. The van der Waals surface area contributed by atoms with Crippen molar-refractivity contribution in [2.45, 2.75) is 26.0 Å². The lowest BCUT2D eigenvalue weighted by Gasteiger charge is -2.07. The molecular formula is C16H18N6OS2. The fourth-order valence-corrected chi connectivity index (χ4v) is 3.77. The predicted molar refractivity (Wildman–Crippen MR) is 100 cm³/mol. The normalized spacial score (nSPS) is 10.8. The molecule has 0 saturated heterocycles. The van der Waals surface area contributed by atoms with Crippen molar-refractivity contribution in [1.82, 2.24) is 25.2 Å². The van der Waals surface area contributed by atoms with Gasteiger partial charge >= 0.3 is 0 Å². The molecule has 0 spiro atoms. The van der Waals surface area contributed by atoms with Gasteiger partial charge in [0, 0.05) is 29.0 Å². The summed E-state index contributed by atoms with van der Waals surface area (Å²) in [5.74, 6) is 2.28. The summed E-state index contributed by atoms with van der Waals surface area (Å²) in [5, 5.41) is 17.5. The molecule has 3 rings (SSSR count). The van der Waals surface area contributed by atoms with E-state index in [9.17, 15) is 4.79 Å². The summed E-state index contributed by atoms with van der Waals surface area (Å²) in [4.78, 5) is 16.5.